The molecule has 0 radical (unpaired) electrons. The average molecular weight is 520 g/mol. The van der Waals surface area contributed by atoms with Crippen LogP contribution in [0.1, 0.15) is 6.42 Å². The van der Waals surface area contributed by atoms with Gasteiger partial charge in [0.25, 0.3) is 0 Å². The van der Waals surface area contributed by atoms with Crippen LogP contribution in [0.15, 0.2) is 24.7 Å². The van der Waals surface area contributed by atoms with E-state index in [1.54, 1.807) is 6.07 Å². The molecule has 2 fully saturated rings. The molecular formula is C24H25F4N7O2. The number of likely N-dealkylation sites (tertiary alicyclic amines) is 1. The first-order valence-electron chi connectivity index (χ1n) is 12.0. The van der Waals surface area contributed by atoms with E-state index in [-0.39, 0.29) is 53.1 Å². The van der Waals surface area contributed by atoms with Crippen molar-refractivity contribution in [2.75, 3.05) is 45.4 Å². The van der Waals surface area contributed by atoms with Gasteiger partial charge in [0.15, 0.2) is 11.6 Å². The molecule has 2 aliphatic rings. The van der Waals surface area contributed by atoms with Crippen molar-refractivity contribution in [3.05, 3.63) is 36.3 Å². The van der Waals surface area contributed by atoms with Crippen LogP contribution in [0, 0.1) is 11.6 Å². The zero-order chi connectivity index (χ0) is 25.7. The van der Waals surface area contributed by atoms with Crippen LogP contribution in [0.3, 0.4) is 0 Å². The van der Waals surface area contributed by atoms with E-state index in [2.05, 4.69) is 25.3 Å². The average Bonchev–Trinajstić information content (AvgIpc) is 3.39. The molecular weight excluding hydrogens is 494 g/mol. The van der Waals surface area contributed by atoms with Gasteiger partial charge in [0.05, 0.1) is 62.6 Å². The van der Waals surface area contributed by atoms with Gasteiger partial charge < -0.3 is 19.4 Å². The molecule has 4 aromatic rings. The maximum absolute atomic E-state index is 15.3. The Morgan fingerprint density at radius 2 is 2.05 bits per heavy atom. The number of aryl methyl sites for hydroxylation is 1. The van der Waals surface area contributed by atoms with Crippen molar-refractivity contribution in [2.45, 2.75) is 31.2 Å². The molecule has 2 atom stereocenters. The number of imidazole rings is 1. The second-order valence-electron chi connectivity index (χ2n) is 9.28. The predicted octanol–water partition coefficient (Wildman–Crippen LogP) is 3.23. The van der Waals surface area contributed by atoms with Crippen LogP contribution in [0.25, 0.3) is 27.7 Å². The minimum absolute atomic E-state index is 0.0111. The highest BCUT2D eigenvalue weighted by Crippen LogP contribution is 2.36. The lowest BCUT2D eigenvalue weighted by molar-refractivity contribution is -0.0794. The maximum Gasteiger partial charge on any atom is 0.244 e. The summed E-state index contributed by atoms with van der Waals surface area (Å²) in [5.41, 5.74) is 0.796. The number of halogens is 4. The van der Waals surface area contributed by atoms with Gasteiger partial charge in [-0.3, -0.25) is 4.90 Å². The van der Waals surface area contributed by atoms with Gasteiger partial charge in [-0.05, 0) is 24.1 Å². The minimum Gasteiger partial charge on any atom is -0.479 e. The highest BCUT2D eigenvalue weighted by Gasteiger charge is 2.36. The van der Waals surface area contributed by atoms with Crippen LogP contribution in [0.2, 0.25) is 0 Å². The Hall–Kier alpha value is -3.45. The first-order chi connectivity index (χ1) is 18.0. The number of nitrogens with zero attached hydrogens (tertiary/aromatic N) is 6. The molecule has 1 N–H and O–H groups in total. The molecule has 2 saturated heterocycles. The third-order valence-electron chi connectivity index (χ3n) is 7.06. The fourth-order valence-corrected chi connectivity index (χ4v) is 5.06. The first-order valence-corrected chi connectivity index (χ1v) is 12.0. The SMILES string of the molecule is COc1nc(N[C@H]2CCN(C3COC3)C[C@H]2F)nn2cc(F)c(-c3cc(F)c4ncn(CCF)c4c3)c12. The Labute approximate surface area is 209 Å². The van der Waals surface area contributed by atoms with Gasteiger partial charge in [-0.2, -0.15) is 4.98 Å². The monoisotopic (exact) mass is 519 g/mol. The van der Waals surface area contributed by atoms with Crippen molar-refractivity contribution in [3.8, 4) is 17.0 Å². The van der Waals surface area contributed by atoms with E-state index in [0.717, 1.165) is 12.3 Å². The van der Waals surface area contributed by atoms with Gasteiger partial charge in [-0.15, -0.1) is 5.10 Å². The molecule has 0 spiro atoms. The Bertz CT molecular complexity index is 1450. The number of alkyl halides is 2. The number of ether oxygens (including phenoxy) is 2. The van der Waals surface area contributed by atoms with E-state index in [1.165, 1.54) is 22.5 Å². The zero-order valence-electron chi connectivity index (χ0n) is 20.0. The van der Waals surface area contributed by atoms with Gasteiger partial charge in [-0.25, -0.2) is 27.1 Å². The van der Waals surface area contributed by atoms with E-state index in [1.807, 2.05) is 0 Å². The van der Waals surface area contributed by atoms with Crippen LogP contribution < -0.4 is 10.1 Å². The second kappa shape index (κ2) is 9.45. The van der Waals surface area contributed by atoms with Gasteiger partial charge in [0.2, 0.25) is 11.8 Å². The maximum atomic E-state index is 15.3. The summed E-state index contributed by atoms with van der Waals surface area (Å²) in [6.07, 6.45) is 1.86. The molecule has 196 valence electrons. The summed E-state index contributed by atoms with van der Waals surface area (Å²) in [7, 11) is 1.37. The summed E-state index contributed by atoms with van der Waals surface area (Å²) >= 11 is 0. The van der Waals surface area contributed by atoms with Gasteiger partial charge in [-0.1, -0.05) is 0 Å². The van der Waals surface area contributed by atoms with Crippen molar-refractivity contribution in [3.63, 3.8) is 0 Å². The van der Waals surface area contributed by atoms with Crippen molar-refractivity contribution in [1.82, 2.24) is 29.0 Å². The standard InChI is InChI=1S/C24H25F4N7O2/c1-36-23-22-20(13-6-15(26)21-19(7-13)34(5-3-25)12-29-21)17(28)9-35(22)32-24(31-23)30-18-2-4-33(8-16(18)27)14-10-37-11-14/h6-7,9,12,14,16,18H,2-5,8,10-11H2,1H3,(H,30,32)/t16-,18+/m1/s1. The smallest absolute Gasteiger partial charge is 0.244 e. The summed E-state index contributed by atoms with van der Waals surface area (Å²) in [4.78, 5) is 10.4. The van der Waals surface area contributed by atoms with Crippen LogP contribution in [-0.2, 0) is 11.3 Å². The molecule has 2 aliphatic heterocycles. The van der Waals surface area contributed by atoms with Crippen molar-refractivity contribution in [2.24, 2.45) is 0 Å². The third-order valence-corrected chi connectivity index (χ3v) is 7.06. The summed E-state index contributed by atoms with van der Waals surface area (Å²) < 4.78 is 71.4. The van der Waals surface area contributed by atoms with Gasteiger partial charge in [0.1, 0.15) is 23.9 Å². The fourth-order valence-electron chi connectivity index (χ4n) is 5.06. The Morgan fingerprint density at radius 1 is 1.22 bits per heavy atom. The summed E-state index contributed by atoms with van der Waals surface area (Å²) in [6.45, 7) is 1.56. The van der Waals surface area contributed by atoms with E-state index in [0.29, 0.717) is 31.7 Å². The number of aromatic nitrogens is 5. The number of hydrogen-bond donors (Lipinski definition) is 1. The number of rotatable bonds is 7. The number of piperidine rings is 1. The molecule has 13 heteroatoms. The van der Waals surface area contributed by atoms with Crippen molar-refractivity contribution in [1.29, 1.82) is 0 Å². The van der Waals surface area contributed by atoms with Crippen molar-refractivity contribution < 1.29 is 27.0 Å². The molecule has 37 heavy (non-hydrogen) atoms. The fraction of sp³-hybridized carbons (Fsp3) is 0.458. The largest absolute Gasteiger partial charge is 0.479 e. The highest BCUT2D eigenvalue weighted by atomic mass is 19.1. The highest BCUT2D eigenvalue weighted by molar-refractivity contribution is 5.90. The summed E-state index contributed by atoms with van der Waals surface area (Å²) in [6, 6.07) is 2.44. The predicted molar refractivity (Wildman–Crippen MR) is 127 cm³/mol. The lowest BCUT2D eigenvalue weighted by Gasteiger charge is -2.42. The zero-order valence-corrected chi connectivity index (χ0v) is 20.0. The summed E-state index contributed by atoms with van der Waals surface area (Å²) in [5.74, 6) is -1.23. The molecule has 0 unspecified atom stereocenters. The van der Waals surface area contributed by atoms with E-state index >= 15 is 4.39 Å². The van der Waals surface area contributed by atoms with E-state index in [9.17, 15) is 13.2 Å². The third kappa shape index (κ3) is 4.15. The van der Waals surface area contributed by atoms with Crippen LogP contribution in [0.5, 0.6) is 5.88 Å². The number of benzene rings is 1. The van der Waals surface area contributed by atoms with Gasteiger partial charge in [0, 0.05) is 13.1 Å². The summed E-state index contributed by atoms with van der Waals surface area (Å²) in [5, 5.41) is 7.36. The molecule has 1 aromatic carbocycles. The molecule has 3 aromatic heterocycles. The topological polar surface area (TPSA) is 81.7 Å². The Balaban J connectivity index is 1.34. The first kappa shape index (κ1) is 23.9. The lowest BCUT2D eigenvalue weighted by atomic mass is 10.0. The quantitative estimate of drug-likeness (QED) is 0.376. The minimum atomic E-state index is -1.15. The molecule has 0 saturated carbocycles. The molecule has 0 aliphatic carbocycles. The van der Waals surface area contributed by atoms with Crippen LogP contribution >= 0.6 is 0 Å². The molecule has 0 amide bonds. The molecule has 9 nitrogen and oxygen atoms in total. The van der Waals surface area contributed by atoms with Crippen molar-refractivity contribution >= 4 is 22.5 Å². The number of nitrogens with one attached hydrogen (secondary N) is 1. The molecule has 0 bridgehead atoms. The second-order valence-corrected chi connectivity index (χ2v) is 9.28. The number of anilines is 1. The molecule has 6 rings (SSSR count). The van der Waals surface area contributed by atoms with Gasteiger partial charge >= 0.3 is 0 Å². The Morgan fingerprint density at radius 3 is 2.76 bits per heavy atom. The number of hydrogen-bond acceptors (Lipinski definition) is 7. The number of methoxy groups -OCH3 is 1. The van der Waals surface area contributed by atoms with E-state index in [4.69, 9.17) is 9.47 Å². The lowest BCUT2D eigenvalue weighted by Crippen LogP contribution is -2.57. The normalized spacial score (nSPS) is 21.0. The Kier molecular flexibility index (Phi) is 6.11. The van der Waals surface area contributed by atoms with Crippen LogP contribution in [0.4, 0.5) is 23.5 Å². The van der Waals surface area contributed by atoms with Crippen LogP contribution in [-0.4, -0.2) is 87.4 Å². The van der Waals surface area contributed by atoms with E-state index < -0.39 is 30.5 Å². The number of fused-ring (bicyclic) bond motifs is 2. The molecule has 5 heterocycles.